The number of benzene rings is 1. The lowest BCUT2D eigenvalue weighted by atomic mass is 10.2. The van der Waals surface area contributed by atoms with Crippen LogP contribution in [0.25, 0.3) is 0 Å². The third-order valence-electron chi connectivity index (χ3n) is 2.54. The van der Waals surface area contributed by atoms with Gasteiger partial charge in [0.2, 0.25) is 5.95 Å². The molecule has 2 N–H and O–H groups in total. The molecule has 0 bridgehead atoms. The zero-order valence-electron chi connectivity index (χ0n) is 11.2. The average molecular weight is 416 g/mol. The number of hydrogen-bond donors (Lipinski definition) is 2. The van der Waals surface area contributed by atoms with E-state index in [2.05, 4.69) is 48.7 Å². The Morgan fingerprint density at radius 1 is 1.43 bits per heavy atom. The summed E-state index contributed by atoms with van der Waals surface area (Å²) >= 11 is 7.21. The Hall–Kier alpha value is -1.62. The summed E-state index contributed by atoms with van der Waals surface area (Å²) in [5.41, 5.74) is 0.565. The zero-order valence-corrected chi connectivity index (χ0v) is 14.2. The predicted molar refractivity (Wildman–Crippen MR) is 91.0 cm³/mol. The maximum Gasteiger partial charge on any atom is 0.258 e. The molecule has 1 aromatic carbocycles. The van der Waals surface area contributed by atoms with E-state index < -0.39 is 0 Å². The summed E-state index contributed by atoms with van der Waals surface area (Å²) in [6.07, 6.45) is 0.890. The number of aryl methyl sites for hydroxylation is 1. The zero-order chi connectivity index (χ0) is 15.2. The first-order chi connectivity index (χ1) is 10.1. The van der Waals surface area contributed by atoms with Gasteiger partial charge in [0.15, 0.2) is 5.11 Å². The van der Waals surface area contributed by atoms with Crippen molar-refractivity contribution in [3.63, 3.8) is 0 Å². The summed E-state index contributed by atoms with van der Waals surface area (Å²) in [5, 5.41) is 16.8. The molecule has 110 valence electrons. The maximum atomic E-state index is 12.1. The number of aromatic nitrogens is 4. The van der Waals surface area contributed by atoms with Gasteiger partial charge >= 0.3 is 0 Å². The Labute approximate surface area is 140 Å². The maximum absolute atomic E-state index is 12.1. The quantitative estimate of drug-likeness (QED) is 0.585. The third kappa shape index (κ3) is 4.17. The van der Waals surface area contributed by atoms with Gasteiger partial charge in [-0.05, 0) is 63.8 Å². The first-order valence-corrected chi connectivity index (χ1v) is 7.73. The summed E-state index contributed by atoms with van der Waals surface area (Å²) in [6, 6.07) is 7.26. The van der Waals surface area contributed by atoms with Crippen molar-refractivity contribution in [3.8, 4) is 0 Å². The lowest BCUT2D eigenvalue weighted by molar-refractivity contribution is 0.0977. The minimum atomic E-state index is -0.271. The molecule has 0 fully saturated rings. The number of carbonyl (C=O) groups is 1. The van der Waals surface area contributed by atoms with Crippen LogP contribution in [0.3, 0.4) is 0 Å². The van der Waals surface area contributed by atoms with Crippen molar-refractivity contribution in [2.45, 2.75) is 19.9 Å². The van der Waals surface area contributed by atoms with Crippen LogP contribution in [0.5, 0.6) is 0 Å². The molecule has 0 saturated carbocycles. The van der Waals surface area contributed by atoms with Crippen molar-refractivity contribution in [2.24, 2.45) is 0 Å². The van der Waals surface area contributed by atoms with Crippen LogP contribution in [-0.4, -0.2) is 31.2 Å². The van der Waals surface area contributed by atoms with Crippen LogP contribution in [0.1, 0.15) is 23.7 Å². The second kappa shape index (κ2) is 7.41. The molecular weight excluding hydrogens is 403 g/mol. The van der Waals surface area contributed by atoms with E-state index in [4.69, 9.17) is 12.2 Å². The molecule has 9 heteroatoms. The molecule has 1 heterocycles. The number of amides is 1. The Morgan fingerprint density at radius 2 is 2.19 bits per heavy atom. The van der Waals surface area contributed by atoms with E-state index in [0.29, 0.717) is 18.1 Å². The Balaban J connectivity index is 2.00. The van der Waals surface area contributed by atoms with Crippen molar-refractivity contribution in [2.75, 3.05) is 5.32 Å². The summed E-state index contributed by atoms with van der Waals surface area (Å²) < 4.78 is 2.44. The lowest BCUT2D eigenvalue weighted by Crippen LogP contribution is -2.35. The van der Waals surface area contributed by atoms with Crippen LogP contribution in [0, 0.1) is 3.57 Å². The molecule has 0 aliphatic heterocycles. The number of nitrogens with zero attached hydrogens (tertiary/aromatic N) is 4. The second-order valence-electron chi connectivity index (χ2n) is 4.11. The molecule has 2 rings (SSSR count). The molecule has 2 aromatic rings. The Kier molecular flexibility index (Phi) is 5.56. The van der Waals surface area contributed by atoms with Gasteiger partial charge in [-0.2, -0.15) is 0 Å². The van der Waals surface area contributed by atoms with E-state index in [-0.39, 0.29) is 11.0 Å². The molecule has 0 atom stereocenters. The van der Waals surface area contributed by atoms with Crippen molar-refractivity contribution < 1.29 is 4.79 Å². The number of hydrogen-bond acceptors (Lipinski definition) is 5. The summed E-state index contributed by atoms with van der Waals surface area (Å²) in [5.74, 6) is 0.136. The Bertz CT molecular complexity index is 659. The smallest absolute Gasteiger partial charge is 0.258 e. The number of nitrogens with one attached hydrogen (secondary N) is 2. The average Bonchev–Trinajstić information content (AvgIpc) is 2.86. The lowest BCUT2D eigenvalue weighted by Gasteiger charge is -2.09. The summed E-state index contributed by atoms with van der Waals surface area (Å²) in [7, 11) is 0. The van der Waals surface area contributed by atoms with Gasteiger partial charge in [-0.3, -0.25) is 15.4 Å². The normalized spacial score (nSPS) is 10.2. The largest absolute Gasteiger partial charge is 0.300 e. The fourth-order valence-corrected chi connectivity index (χ4v) is 2.42. The van der Waals surface area contributed by atoms with E-state index in [1.54, 1.807) is 16.8 Å². The van der Waals surface area contributed by atoms with Gasteiger partial charge in [-0.25, -0.2) is 4.68 Å². The number of anilines is 1. The van der Waals surface area contributed by atoms with Crippen molar-refractivity contribution in [3.05, 3.63) is 33.4 Å². The van der Waals surface area contributed by atoms with Gasteiger partial charge in [-0.15, -0.1) is 0 Å². The van der Waals surface area contributed by atoms with Gasteiger partial charge in [0.05, 0.1) is 5.56 Å². The molecule has 0 spiro atoms. The SMILES string of the molecule is CCCn1nnnc1NC(=S)NC(=O)c1ccccc1I. The minimum absolute atomic E-state index is 0.159. The van der Waals surface area contributed by atoms with E-state index in [9.17, 15) is 4.79 Å². The number of tetrazole rings is 1. The third-order valence-corrected chi connectivity index (χ3v) is 3.68. The molecule has 0 radical (unpaired) electrons. The molecule has 7 nitrogen and oxygen atoms in total. The predicted octanol–water partition coefficient (Wildman–Crippen LogP) is 1.81. The summed E-state index contributed by atoms with van der Waals surface area (Å²) in [6.45, 7) is 2.69. The highest BCUT2D eigenvalue weighted by molar-refractivity contribution is 14.1. The molecule has 1 aromatic heterocycles. The van der Waals surface area contributed by atoms with Crippen LogP contribution in [0.2, 0.25) is 0 Å². The monoisotopic (exact) mass is 416 g/mol. The van der Waals surface area contributed by atoms with Gasteiger partial charge in [-0.1, -0.05) is 24.2 Å². The molecular formula is C12H13IN6OS. The van der Waals surface area contributed by atoms with Crippen molar-refractivity contribution in [1.82, 2.24) is 25.5 Å². The molecule has 0 aliphatic carbocycles. The van der Waals surface area contributed by atoms with Crippen molar-refractivity contribution in [1.29, 1.82) is 0 Å². The number of halogens is 1. The highest BCUT2D eigenvalue weighted by Crippen LogP contribution is 2.11. The van der Waals surface area contributed by atoms with E-state index in [1.807, 2.05) is 19.1 Å². The van der Waals surface area contributed by atoms with Crippen LogP contribution in [-0.2, 0) is 6.54 Å². The minimum Gasteiger partial charge on any atom is -0.300 e. The van der Waals surface area contributed by atoms with Gasteiger partial charge in [0, 0.05) is 10.1 Å². The van der Waals surface area contributed by atoms with Crippen LogP contribution in [0.4, 0.5) is 5.95 Å². The van der Waals surface area contributed by atoms with Gasteiger partial charge in [0.1, 0.15) is 0 Å². The van der Waals surface area contributed by atoms with E-state index in [1.165, 1.54) is 0 Å². The second-order valence-corrected chi connectivity index (χ2v) is 5.68. The number of rotatable bonds is 4. The number of thiocarbonyl (C=S) groups is 1. The first kappa shape index (κ1) is 15.8. The molecule has 21 heavy (non-hydrogen) atoms. The van der Waals surface area contributed by atoms with Gasteiger partial charge in [0.25, 0.3) is 5.91 Å². The fraction of sp³-hybridized carbons (Fsp3) is 0.250. The van der Waals surface area contributed by atoms with Crippen LogP contribution < -0.4 is 10.6 Å². The fourth-order valence-electron chi connectivity index (χ4n) is 1.61. The molecule has 0 aliphatic rings. The summed E-state index contributed by atoms with van der Waals surface area (Å²) in [4.78, 5) is 12.1. The van der Waals surface area contributed by atoms with Crippen LogP contribution in [0.15, 0.2) is 24.3 Å². The molecule has 1 amide bonds. The standard InChI is InChI=1S/C12H13IN6OS/c1-2-7-19-11(16-17-18-19)15-12(21)14-10(20)8-5-3-4-6-9(8)13/h3-6H,2,7H2,1H3,(H2,14,15,16,18,20,21). The highest BCUT2D eigenvalue weighted by atomic mass is 127. The Morgan fingerprint density at radius 3 is 2.90 bits per heavy atom. The molecule has 0 unspecified atom stereocenters. The van der Waals surface area contributed by atoms with E-state index in [0.717, 1.165) is 9.99 Å². The molecule has 0 saturated heterocycles. The van der Waals surface area contributed by atoms with Crippen LogP contribution >= 0.6 is 34.8 Å². The van der Waals surface area contributed by atoms with E-state index >= 15 is 0 Å². The number of carbonyl (C=O) groups excluding carboxylic acids is 1. The highest BCUT2D eigenvalue weighted by Gasteiger charge is 2.13. The van der Waals surface area contributed by atoms with Gasteiger partial charge < -0.3 is 0 Å². The topological polar surface area (TPSA) is 84.7 Å². The van der Waals surface area contributed by atoms with Crippen molar-refractivity contribution >= 4 is 51.8 Å². The first-order valence-electron chi connectivity index (χ1n) is 6.25.